The van der Waals surface area contributed by atoms with Crippen molar-refractivity contribution in [2.45, 2.75) is 19.4 Å². The molecule has 0 aliphatic rings. The van der Waals surface area contributed by atoms with E-state index in [1.807, 2.05) is 6.92 Å². The summed E-state index contributed by atoms with van der Waals surface area (Å²) in [4.78, 5) is 4.14. The zero-order valence-corrected chi connectivity index (χ0v) is 7.80. The van der Waals surface area contributed by atoms with Crippen molar-refractivity contribution in [1.82, 2.24) is 10.1 Å². The first kappa shape index (κ1) is 8.96. The van der Waals surface area contributed by atoms with Gasteiger partial charge in [0.15, 0.2) is 11.6 Å². The highest BCUT2D eigenvalue weighted by Crippen LogP contribution is 2.17. The predicted molar refractivity (Wildman–Crippen MR) is 49.4 cm³/mol. The van der Waals surface area contributed by atoms with Crippen molar-refractivity contribution in [3.8, 4) is 11.7 Å². The Hall–Kier alpha value is -1.62. The molecule has 0 amide bonds. The zero-order chi connectivity index (χ0) is 9.97. The first-order chi connectivity index (χ1) is 6.75. The molecular weight excluding hydrogens is 182 g/mol. The molecule has 14 heavy (non-hydrogen) atoms. The highest BCUT2D eigenvalue weighted by Gasteiger charge is 2.11. The van der Waals surface area contributed by atoms with E-state index in [2.05, 4.69) is 10.1 Å². The van der Waals surface area contributed by atoms with Gasteiger partial charge in [-0.05, 0) is 19.1 Å². The number of nitrogens with two attached hydrogens (primary N) is 1. The second-order valence-corrected chi connectivity index (χ2v) is 3.17. The maximum Gasteiger partial charge on any atom is 0.293 e. The van der Waals surface area contributed by atoms with Crippen molar-refractivity contribution < 1.29 is 8.94 Å². The van der Waals surface area contributed by atoms with Crippen LogP contribution in [-0.2, 0) is 6.42 Å². The summed E-state index contributed by atoms with van der Waals surface area (Å²) in [6.07, 6.45) is 2.16. The summed E-state index contributed by atoms with van der Waals surface area (Å²) in [5, 5.41) is 3.79. The van der Waals surface area contributed by atoms with E-state index in [1.165, 1.54) is 0 Å². The molecule has 2 aromatic rings. The second kappa shape index (κ2) is 3.63. The van der Waals surface area contributed by atoms with E-state index >= 15 is 0 Å². The van der Waals surface area contributed by atoms with Crippen molar-refractivity contribution >= 4 is 0 Å². The third kappa shape index (κ3) is 1.82. The number of aromatic nitrogens is 2. The first-order valence-corrected chi connectivity index (χ1v) is 4.38. The number of hydrogen-bond donors (Lipinski definition) is 1. The minimum absolute atomic E-state index is 0.0250. The van der Waals surface area contributed by atoms with Gasteiger partial charge in [0.25, 0.3) is 5.89 Å². The van der Waals surface area contributed by atoms with Gasteiger partial charge in [-0.3, -0.25) is 0 Å². The van der Waals surface area contributed by atoms with Crippen LogP contribution in [0.5, 0.6) is 0 Å². The Morgan fingerprint density at radius 1 is 1.57 bits per heavy atom. The van der Waals surface area contributed by atoms with Crippen molar-refractivity contribution in [2.24, 2.45) is 5.73 Å². The number of rotatable bonds is 3. The van der Waals surface area contributed by atoms with Gasteiger partial charge in [0.05, 0.1) is 6.26 Å². The fourth-order valence-electron chi connectivity index (χ4n) is 1.13. The molecule has 5 nitrogen and oxygen atoms in total. The lowest BCUT2D eigenvalue weighted by atomic mass is 10.2. The number of nitrogens with zero attached hydrogens (tertiary/aromatic N) is 2. The van der Waals surface area contributed by atoms with E-state index < -0.39 is 0 Å². The average molecular weight is 193 g/mol. The van der Waals surface area contributed by atoms with Crippen LogP contribution in [-0.4, -0.2) is 16.2 Å². The van der Waals surface area contributed by atoms with Crippen LogP contribution in [0.15, 0.2) is 27.3 Å². The van der Waals surface area contributed by atoms with Gasteiger partial charge >= 0.3 is 0 Å². The normalized spacial score (nSPS) is 13.0. The Bertz CT molecular complexity index is 392. The fraction of sp³-hybridized carbons (Fsp3) is 0.333. The molecule has 0 spiro atoms. The summed E-state index contributed by atoms with van der Waals surface area (Å²) in [6, 6.07) is 3.56. The van der Waals surface area contributed by atoms with Gasteiger partial charge in [0.1, 0.15) is 0 Å². The summed E-state index contributed by atoms with van der Waals surface area (Å²) < 4.78 is 10.1. The highest BCUT2D eigenvalue weighted by atomic mass is 16.5. The van der Waals surface area contributed by atoms with E-state index in [0.717, 1.165) is 0 Å². The third-order valence-electron chi connectivity index (χ3n) is 1.70. The van der Waals surface area contributed by atoms with Gasteiger partial charge in [0.2, 0.25) is 0 Å². The molecule has 0 saturated heterocycles. The highest BCUT2D eigenvalue weighted by molar-refractivity contribution is 5.42. The molecule has 2 rings (SSSR count). The van der Waals surface area contributed by atoms with Crippen molar-refractivity contribution in [3.63, 3.8) is 0 Å². The quantitative estimate of drug-likeness (QED) is 0.792. The smallest absolute Gasteiger partial charge is 0.293 e. The molecule has 2 aromatic heterocycles. The lowest BCUT2D eigenvalue weighted by molar-refractivity contribution is 0.407. The standard InChI is InChI=1S/C9H11N3O2/c1-6(10)5-8-11-9(14-12-8)7-3-2-4-13-7/h2-4,6H,5,10H2,1H3. The van der Waals surface area contributed by atoms with Crippen molar-refractivity contribution in [3.05, 3.63) is 24.2 Å². The molecule has 2 N–H and O–H groups in total. The molecule has 0 fully saturated rings. The number of hydrogen-bond acceptors (Lipinski definition) is 5. The lowest BCUT2D eigenvalue weighted by Crippen LogP contribution is -2.18. The van der Waals surface area contributed by atoms with Gasteiger partial charge < -0.3 is 14.7 Å². The molecule has 5 heteroatoms. The molecule has 74 valence electrons. The van der Waals surface area contributed by atoms with Crippen LogP contribution in [0.4, 0.5) is 0 Å². The third-order valence-corrected chi connectivity index (χ3v) is 1.70. The molecular formula is C9H11N3O2. The summed E-state index contributed by atoms with van der Waals surface area (Å²) in [5.74, 6) is 1.57. The van der Waals surface area contributed by atoms with Gasteiger partial charge in [-0.2, -0.15) is 4.98 Å². The largest absolute Gasteiger partial charge is 0.459 e. The summed E-state index contributed by atoms with van der Waals surface area (Å²) >= 11 is 0. The SMILES string of the molecule is CC(N)Cc1noc(-c2ccco2)n1. The molecule has 0 saturated carbocycles. The Morgan fingerprint density at radius 2 is 2.43 bits per heavy atom. The monoisotopic (exact) mass is 193 g/mol. The minimum Gasteiger partial charge on any atom is -0.459 e. The van der Waals surface area contributed by atoms with Gasteiger partial charge in [-0.15, -0.1) is 0 Å². The van der Waals surface area contributed by atoms with Gasteiger partial charge in [-0.1, -0.05) is 5.16 Å². The molecule has 0 aromatic carbocycles. The van der Waals surface area contributed by atoms with E-state index in [1.54, 1.807) is 18.4 Å². The van der Waals surface area contributed by atoms with Gasteiger partial charge in [0, 0.05) is 12.5 Å². The van der Waals surface area contributed by atoms with E-state index in [4.69, 9.17) is 14.7 Å². The molecule has 1 atom stereocenters. The van der Waals surface area contributed by atoms with Crippen LogP contribution >= 0.6 is 0 Å². The van der Waals surface area contributed by atoms with E-state index in [9.17, 15) is 0 Å². The molecule has 2 heterocycles. The van der Waals surface area contributed by atoms with E-state index in [-0.39, 0.29) is 6.04 Å². The van der Waals surface area contributed by atoms with Gasteiger partial charge in [-0.25, -0.2) is 0 Å². The van der Waals surface area contributed by atoms with Crippen LogP contribution < -0.4 is 5.73 Å². The Morgan fingerprint density at radius 3 is 3.07 bits per heavy atom. The Kier molecular flexibility index (Phi) is 2.32. The zero-order valence-electron chi connectivity index (χ0n) is 7.80. The predicted octanol–water partition coefficient (Wildman–Crippen LogP) is 1.22. The Balaban J connectivity index is 2.18. The van der Waals surface area contributed by atoms with Crippen LogP contribution in [0.3, 0.4) is 0 Å². The van der Waals surface area contributed by atoms with Crippen LogP contribution in [0, 0.1) is 0 Å². The molecule has 0 bridgehead atoms. The molecule has 0 aliphatic heterocycles. The second-order valence-electron chi connectivity index (χ2n) is 3.17. The summed E-state index contributed by atoms with van der Waals surface area (Å²) in [5.41, 5.74) is 5.61. The average Bonchev–Trinajstić information content (AvgIpc) is 2.69. The number of furan rings is 1. The molecule has 1 unspecified atom stereocenters. The fourth-order valence-corrected chi connectivity index (χ4v) is 1.13. The summed E-state index contributed by atoms with van der Waals surface area (Å²) in [6.45, 7) is 1.89. The minimum atomic E-state index is 0.0250. The van der Waals surface area contributed by atoms with Crippen LogP contribution in [0.25, 0.3) is 11.7 Å². The maximum absolute atomic E-state index is 5.61. The topological polar surface area (TPSA) is 78.1 Å². The first-order valence-electron chi connectivity index (χ1n) is 4.38. The summed E-state index contributed by atoms with van der Waals surface area (Å²) in [7, 11) is 0. The van der Waals surface area contributed by atoms with Crippen molar-refractivity contribution in [1.29, 1.82) is 0 Å². The van der Waals surface area contributed by atoms with Crippen LogP contribution in [0.2, 0.25) is 0 Å². The molecule has 0 radical (unpaired) electrons. The van der Waals surface area contributed by atoms with E-state index in [0.29, 0.717) is 23.9 Å². The lowest BCUT2D eigenvalue weighted by Gasteiger charge is -1.96. The molecule has 0 aliphatic carbocycles. The van der Waals surface area contributed by atoms with Crippen molar-refractivity contribution in [2.75, 3.05) is 0 Å². The Labute approximate surface area is 80.9 Å². The maximum atomic E-state index is 5.61. The van der Waals surface area contributed by atoms with Crippen LogP contribution in [0.1, 0.15) is 12.7 Å².